The monoisotopic (exact) mass is 321 g/mol. The topological polar surface area (TPSA) is 75.6 Å². The molecule has 0 saturated heterocycles. The Bertz CT molecular complexity index is 762. The molecule has 120 valence electrons. The van der Waals surface area contributed by atoms with E-state index in [2.05, 4.69) is 5.32 Å². The molecule has 23 heavy (non-hydrogen) atoms. The number of rotatable bonds is 4. The summed E-state index contributed by atoms with van der Waals surface area (Å²) in [7, 11) is 0. The number of hydrogen-bond acceptors (Lipinski definition) is 4. The van der Waals surface area contributed by atoms with Gasteiger partial charge < -0.3 is 15.2 Å². The molecule has 2 aromatic rings. The van der Waals surface area contributed by atoms with Crippen LogP contribution in [0.25, 0.3) is 0 Å². The molecule has 0 spiro atoms. The van der Waals surface area contributed by atoms with E-state index in [0.717, 1.165) is 18.2 Å². The molecule has 7 heteroatoms. The average molecular weight is 321 g/mol. The van der Waals surface area contributed by atoms with Crippen LogP contribution >= 0.6 is 0 Å². The van der Waals surface area contributed by atoms with Gasteiger partial charge in [-0.1, -0.05) is 12.1 Å². The first-order chi connectivity index (χ1) is 10.9. The minimum atomic E-state index is -0.902. The summed E-state index contributed by atoms with van der Waals surface area (Å²) in [5, 5.41) is 11.8. The first kappa shape index (κ1) is 16.4. The molecule has 2 N–H and O–H groups in total. The van der Waals surface area contributed by atoms with Gasteiger partial charge in [0.15, 0.2) is 6.61 Å². The van der Waals surface area contributed by atoms with Gasteiger partial charge in [-0.05, 0) is 30.7 Å². The van der Waals surface area contributed by atoms with Crippen LogP contribution in [-0.4, -0.2) is 23.6 Å². The normalized spacial score (nSPS) is 10.2. The van der Waals surface area contributed by atoms with Crippen LogP contribution in [0.5, 0.6) is 5.75 Å². The maximum absolute atomic E-state index is 13.4. The molecule has 0 bridgehead atoms. The van der Waals surface area contributed by atoms with E-state index in [9.17, 15) is 23.5 Å². The van der Waals surface area contributed by atoms with Crippen molar-refractivity contribution >= 4 is 17.6 Å². The van der Waals surface area contributed by atoms with Crippen LogP contribution in [0, 0.1) is 18.6 Å². The lowest BCUT2D eigenvalue weighted by Crippen LogP contribution is -2.21. The number of carbonyl (C=O) groups is 2. The second kappa shape index (κ2) is 6.87. The Hall–Kier alpha value is -2.96. The minimum absolute atomic E-state index is 0.0882. The highest BCUT2D eigenvalue weighted by Gasteiger charge is 2.16. The number of esters is 1. The highest BCUT2D eigenvalue weighted by molar-refractivity contribution is 5.97. The van der Waals surface area contributed by atoms with Crippen LogP contribution in [0.4, 0.5) is 14.5 Å². The molecule has 0 fully saturated rings. The standard InChI is InChI=1S/C16H13F2NO4/c1-9-3-2-4-11(15(9)21)16(22)23-8-14(20)19-13-7-10(17)5-6-12(13)18/h2-7,21H,8H2,1H3,(H,19,20). The lowest BCUT2D eigenvalue weighted by atomic mass is 10.1. The maximum atomic E-state index is 13.4. The summed E-state index contributed by atoms with van der Waals surface area (Å²) in [6.07, 6.45) is 0. The van der Waals surface area contributed by atoms with Gasteiger partial charge in [-0.2, -0.15) is 0 Å². The van der Waals surface area contributed by atoms with Crippen molar-refractivity contribution in [3.8, 4) is 5.75 Å². The van der Waals surface area contributed by atoms with Crippen LogP contribution < -0.4 is 5.32 Å². The Morgan fingerprint density at radius 2 is 1.96 bits per heavy atom. The maximum Gasteiger partial charge on any atom is 0.342 e. The molecular weight excluding hydrogens is 308 g/mol. The van der Waals surface area contributed by atoms with Gasteiger partial charge >= 0.3 is 5.97 Å². The van der Waals surface area contributed by atoms with Crippen LogP contribution in [0.15, 0.2) is 36.4 Å². The summed E-state index contributed by atoms with van der Waals surface area (Å²) in [6.45, 7) is 0.897. The largest absolute Gasteiger partial charge is 0.507 e. The fourth-order valence-electron chi connectivity index (χ4n) is 1.81. The van der Waals surface area contributed by atoms with Gasteiger partial charge in [0.2, 0.25) is 0 Å². The molecule has 0 saturated carbocycles. The number of benzene rings is 2. The first-order valence-electron chi connectivity index (χ1n) is 6.59. The van der Waals surface area contributed by atoms with E-state index in [4.69, 9.17) is 4.74 Å². The smallest absolute Gasteiger partial charge is 0.342 e. The molecule has 0 atom stereocenters. The van der Waals surface area contributed by atoms with Crippen molar-refractivity contribution in [1.82, 2.24) is 0 Å². The van der Waals surface area contributed by atoms with Gasteiger partial charge in [0, 0.05) is 6.07 Å². The molecule has 0 aliphatic heterocycles. The SMILES string of the molecule is Cc1cccc(C(=O)OCC(=O)Nc2cc(F)ccc2F)c1O. The quantitative estimate of drug-likeness (QED) is 0.849. The number of nitrogens with one attached hydrogen (secondary N) is 1. The predicted octanol–water partition coefficient (Wildman–Crippen LogP) is 2.77. The predicted molar refractivity (Wildman–Crippen MR) is 78.1 cm³/mol. The second-order valence-corrected chi connectivity index (χ2v) is 4.72. The molecule has 0 radical (unpaired) electrons. The van der Waals surface area contributed by atoms with Crippen LogP contribution in [0.2, 0.25) is 0 Å². The average Bonchev–Trinajstić information content (AvgIpc) is 2.51. The van der Waals surface area contributed by atoms with Crippen molar-refractivity contribution in [3.05, 3.63) is 59.2 Å². The van der Waals surface area contributed by atoms with Crippen LogP contribution in [-0.2, 0) is 9.53 Å². The summed E-state index contributed by atoms with van der Waals surface area (Å²) < 4.78 is 31.1. The highest BCUT2D eigenvalue weighted by atomic mass is 19.1. The number of hydrogen-bond donors (Lipinski definition) is 2. The zero-order valence-electron chi connectivity index (χ0n) is 12.1. The number of para-hydroxylation sites is 1. The molecule has 0 heterocycles. The van der Waals surface area contributed by atoms with Gasteiger partial charge in [-0.25, -0.2) is 13.6 Å². The van der Waals surface area contributed by atoms with Crippen molar-refractivity contribution in [3.63, 3.8) is 0 Å². The fourth-order valence-corrected chi connectivity index (χ4v) is 1.81. The molecular formula is C16H13F2NO4. The van der Waals surface area contributed by atoms with Crippen molar-refractivity contribution < 1.29 is 28.2 Å². The number of ether oxygens (including phenoxy) is 1. The number of carbonyl (C=O) groups excluding carboxylic acids is 2. The number of aryl methyl sites for hydroxylation is 1. The molecule has 0 aliphatic carbocycles. The number of aromatic hydroxyl groups is 1. The number of phenolic OH excluding ortho intramolecular Hbond substituents is 1. The van der Waals surface area contributed by atoms with Gasteiger partial charge in [-0.3, -0.25) is 4.79 Å². The van der Waals surface area contributed by atoms with Crippen LogP contribution in [0.1, 0.15) is 15.9 Å². The Kier molecular flexibility index (Phi) is 4.90. The van der Waals surface area contributed by atoms with Gasteiger partial charge in [-0.15, -0.1) is 0 Å². The molecule has 0 unspecified atom stereocenters. The number of amides is 1. The number of halogens is 2. The third kappa shape index (κ3) is 4.03. The molecule has 5 nitrogen and oxygen atoms in total. The third-order valence-corrected chi connectivity index (χ3v) is 2.99. The zero-order chi connectivity index (χ0) is 17.0. The Balaban J connectivity index is 1.98. The Labute approximate surface area is 130 Å². The van der Waals surface area contributed by atoms with Crippen molar-refractivity contribution in [2.24, 2.45) is 0 Å². The van der Waals surface area contributed by atoms with E-state index in [1.807, 2.05) is 0 Å². The third-order valence-electron chi connectivity index (χ3n) is 2.99. The van der Waals surface area contributed by atoms with E-state index in [-0.39, 0.29) is 17.0 Å². The Morgan fingerprint density at radius 1 is 1.22 bits per heavy atom. The van der Waals surface area contributed by atoms with E-state index in [1.165, 1.54) is 6.07 Å². The lowest BCUT2D eigenvalue weighted by Gasteiger charge is -2.09. The van der Waals surface area contributed by atoms with Gasteiger partial charge in [0.1, 0.15) is 22.9 Å². The lowest BCUT2D eigenvalue weighted by molar-refractivity contribution is -0.119. The molecule has 1 amide bonds. The first-order valence-corrected chi connectivity index (χ1v) is 6.59. The number of phenols is 1. The van der Waals surface area contributed by atoms with Gasteiger partial charge in [0.25, 0.3) is 5.91 Å². The molecule has 0 aromatic heterocycles. The minimum Gasteiger partial charge on any atom is -0.507 e. The van der Waals surface area contributed by atoms with E-state index in [0.29, 0.717) is 5.56 Å². The summed E-state index contributed by atoms with van der Waals surface area (Å²) in [5.41, 5.74) is 0.0323. The summed E-state index contributed by atoms with van der Waals surface area (Å²) in [4.78, 5) is 23.4. The summed E-state index contributed by atoms with van der Waals surface area (Å²) in [6, 6.07) is 7.07. The van der Waals surface area contributed by atoms with Crippen LogP contribution in [0.3, 0.4) is 0 Å². The number of anilines is 1. The van der Waals surface area contributed by atoms with E-state index in [1.54, 1.807) is 19.1 Å². The van der Waals surface area contributed by atoms with E-state index >= 15 is 0 Å². The summed E-state index contributed by atoms with van der Waals surface area (Å²) in [5.74, 6) is -3.52. The summed E-state index contributed by atoms with van der Waals surface area (Å²) >= 11 is 0. The molecule has 0 aliphatic rings. The molecule has 2 aromatic carbocycles. The van der Waals surface area contributed by atoms with Crippen molar-refractivity contribution in [2.75, 3.05) is 11.9 Å². The second-order valence-electron chi connectivity index (χ2n) is 4.72. The van der Waals surface area contributed by atoms with Crippen molar-refractivity contribution in [2.45, 2.75) is 6.92 Å². The van der Waals surface area contributed by atoms with Gasteiger partial charge in [0.05, 0.1) is 5.69 Å². The Morgan fingerprint density at radius 3 is 2.70 bits per heavy atom. The zero-order valence-corrected chi connectivity index (χ0v) is 12.1. The highest BCUT2D eigenvalue weighted by Crippen LogP contribution is 2.22. The van der Waals surface area contributed by atoms with Crippen molar-refractivity contribution in [1.29, 1.82) is 0 Å². The van der Waals surface area contributed by atoms with E-state index < -0.39 is 30.1 Å². The fraction of sp³-hybridized carbons (Fsp3) is 0.125. The molecule has 2 rings (SSSR count).